The predicted molar refractivity (Wildman–Crippen MR) is 88.5 cm³/mol. The Morgan fingerprint density at radius 3 is 2.72 bits per heavy atom. The van der Waals surface area contributed by atoms with Crippen molar-refractivity contribution in [1.29, 1.82) is 0 Å². The quantitative estimate of drug-likeness (QED) is 0.644. The Kier molecular flexibility index (Phi) is 4.07. The number of hydrogen-bond donors (Lipinski definition) is 2. The number of phenols is 1. The van der Waals surface area contributed by atoms with Crippen LogP contribution in [-0.4, -0.2) is 38.9 Å². The van der Waals surface area contributed by atoms with Crippen molar-refractivity contribution < 1.29 is 19.6 Å². The first kappa shape index (κ1) is 16.7. The van der Waals surface area contributed by atoms with Gasteiger partial charge >= 0.3 is 11.9 Å². The van der Waals surface area contributed by atoms with E-state index in [2.05, 4.69) is 10.4 Å². The maximum atomic E-state index is 12.4. The zero-order valence-electron chi connectivity index (χ0n) is 14.0. The Bertz CT molecular complexity index is 845. The number of ether oxygens (including phenoxy) is 1. The summed E-state index contributed by atoms with van der Waals surface area (Å²) in [6.45, 7) is 3.79. The third-order valence-corrected chi connectivity index (χ3v) is 4.26. The molecule has 1 aliphatic rings. The first-order valence-electron chi connectivity index (χ1n) is 7.73. The summed E-state index contributed by atoms with van der Waals surface area (Å²) < 4.78 is 6.62. The highest BCUT2D eigenvalue weighted by Crippen LogP contribution is 2.41. The summed E-state index contributed by atoms with van der Waals surface area (Å²) in [5.74, 6) is -1.02. The molecule has 0 unspecified atom stereocenters. The van der Waals surface area contributed by atoms with E-state index in [1.165, 1.54) is 25.4 Å². The Labute approximate surface area is 143 Å². The lowest BCUT2D eigenvalue weighted by molar-refractivity contribution is -0.509. The van der Waals surface area contributed by atoms with Gasteiger partial charge in [-0.15, -0.1) is 0 Å². The second kappa shape index (κ2) is 6.08. The van der Waals surface area contributed by atoms with Gasteiger partial charge in [0.05, 0.1) is 19.2 Å². The van der Waals surface area contributed by atoms with Crippen molar-refractivity contribution in [3.63, 3.8) is 0 Å². The molecule has 2 N–H and O–H groups in total. The lowest BCUT2D eigenvalue weighted by Crippen LogP contribution is -2.44. The monoisotopic (exact) mass is 346 g/mol. The molecule has 0 saturated heterocycles. The van der Waals surface area contributed by atoms with Gasteiger partial charge in [-0.05, 0) is 31.5 Å². The van der Waals surface area contributed by atoms with Crippen molar-refractivity contribution >= 4 is 11.7 Å². The number of carbonyl (C=O) groups excluding carboxylic acids is 1. The van der Waals surface area contributed by atoms with Crippen LogP contribution in [0.5, 0.6) is 11.5 Å². The maximum absolute atomic E-state index is 12.4. The van der Waals surface area contributed by atoms with Crippen molar-refractivity contribution in [2.45, 2.75) is 31.8 Å². The largest absolute Gasteiger partial charge is 0.504 e. The summed E-state index contributed by atoms with van der Waals surface area (Å²) in [4.78, 5) is 23.3. The summed E-state index contributed by atoms with van der Waals surface area (Å²) in [6.07, 6.45) is 1.53. The van der Waals surface area contributed by atoms with E-state index in [4.69, 9.17) is 4.74 Å². The number of aromatic hydroxyl groups is 1. The average molecular weight is 346 g/mol. The number of fused-ring (bicyclic) bond motifs is 1. The van der Waals surface area contributed by atoms with E-state index in [-0.39, 0.29) is 17.5 Å². The molecule has 25 heavy (non-hydrogen) atoms. The van der Waals surface area contributed by atoms with E-state index >= 15 is 0 Å². The molecule has 2 atom stereocenters. The van der Waals surface area contributed by atoms with Gasteiger partial charge in [0.2, 0.25) is 0 Å². The smallest absolute Gasteiger partial charge is 0.301 e. The third-order valence-electron chi connectivity index (χ3n) is 4.26. The molecule has 0 aliphatic carbocycles. The number of nitrogens with zero attached hydrogens (tertiary/aromatic N) is 3. The van der Waals surface area contributed by atoms with Crippen LogP contribution in [0.15, 0.2) is 24.4 Å². The number of aromatic nitrogens is 2. The molecule has 0 radical (unpaired) electrons. The zero-order chi connectivity index (χ0) is 18.3. The molecular weight excluding hydrogens is 328 g/mol. The number of amides is 1. The second-order valence-corrected chi connectivity index (χ2v) is 6.12. The number of nitro groups is 1. The lowest BCUT2D eigenvalue weighted by atomic mass is 9.83. The highest BCUT2D eigenvalue weighted by Gasteiger charge is 2.47. The molecule has 0 bridgehead atoms. The Morgan fingerprint density at radius 2 is 2.16 bits per heavy atom. The second-order valence-electron chi connectivity index (χ2n) is 6.12. The minimum atomic E-state index is -1.51. The number of nitrogens with one attached hydrogen (secondary N) is 1. The fourth-order valence-corrected chi connectivity index (χ4v) is 3.12. The number of carbonyl (C=O) groups is 1. The molecule has 1 aromatic heterocycles. The van der Waals surface area contributed by atoms with E-state index in [9.17, 15) is 20.0 Å². The number of anilines is 1. The molecule has 0 spiro atoms. The van der Waals surface area contributed by atoms with Crippen molar-refractivity contribution in [2.24, 2.45) is 0 Å². The molecular formula is C16H18N4O5. The van der Waals surface area contributed by atoms with Crippen LogP contribution in [0.4, 0.5) is 5.82 Å². The van der Waals surface area contributed by atoms with Crippen LogP contribution in [0.1, 0.15) is 36.9 Å². The number of phenolic OH excluding ortho intramolecular Hbond substituents is 1. The first-order valence-corrected chi connectivity index (χ1v) is 7.73. The number of methoxy groups -OCH3 is 1. The van der Waals surface area contributed by atoms with Gasteiger partial charge in [0.25, 0.3) is 0 Å². The highest BCUT2D eigenvalue weighted by atomic mass is 16.6. The van der Waals surface area contributed by atoms with Crippen LogP contribution in [-0.2, 0) is 4.79 Å². The van der Waals surface area contributed by atoms with Crippen molar-refractivity contribution in [2.75, 3.05) is 12.4 Å². The molecule has 1 aromatic carbocycles. The zero-order valence-corrected chi connectivity index (χ0v) is 14.0. The number of benzene rings is 1. The van der Waals surface area contributed by atoms with Crippen LogP contribution in [0.3, 0.4) is 0 Å². The molecule has 3 rings (SSSR count). The molecule has 132 valence electrons. The Hall–Kier alpha value is -3.10. The summed E-state index contributed by atoms with van der Waals surface area (Å²) in [7, 11) is 1.41. The van der Waals surface area contributed by atoms with Gasteiger partial charge in [-0.1, -0.05) is 6.07 Å². The molecule has 9 heteroatoms. The topological polar surface area (TPSA) is 120 Å². The Balaban J connectivity index is 2.19. The van der Waals surface area contributed by atoms with Crippen molar-refractivity contribution in [3.8, 4) is 11.5 Å². The van der Waals surface area contributed by atoms with Gasteiger partial charge in [-0.3, -0.25) is 14.9 Å². The van der Waals surface area contributed by atoms with Crippen LogP contribution < -0.4 is 10.1 Å². The van der Waals surface area contributed by atoms with E-state index in [0.717, 1.165) is 0 Å². The van der Waals surface area contributed by atoms with Crippen LogP contribution in [0, 0.1) is 10.1 Å². The van der Waals surface area contributed by atoms with Gasteiger partial charge in [0.1, 0.15) is 5.82 Å². The summed E-state index contributed by atoms with van der Waals surface area (Å²) in [5.41, 5.74) is 0.985. The minimum absolute atomic E-state index is 0.0267. The van der Waals surface area contributed by atoms with Gasteiger partial charge in [0.15, 0.2) is 11.5 Å². The van der Waals surface area contributed by atoms with E-state index in [0.29, 0.717) is 16.9 Å². The predicted octanol–water partition coefficient (Wildman–Crippen LogP) is 1.91. The van der Waals surface area contributed by atoms with Crippen LogP contribution in [0.25, 0.3) is 0 Å². The minimum Gasteiger partial charge on any atom is -0.504 e. The summed E-state index contributed by atoms with van der Waals surface area (Å²) in [6, 6.07) is 2.97. The summed E-state index contributed by atoms with van der Waals surface area (Å²) >= 11 is 0. The van der Waals surface area contributed by atoms with Crippen LogP contribution in [0.2, 0.25) is 0 Å². The van der Waals surface area contributed by atoms with Gasteiger partial charge in [-0.25, -0.2) is 4.68 Å². The lowest BCUT2D eigenvalue weighted by Gasteiger charge is -2.27. The normalized spacial score (nSPS) is 19.4. The van der Waals surface area contributed by atoms with Crippen LogP contribution >= 0.6 is 0 Å². The molecule has 9 nitrogen and oxygen atoms in total. The molecule has 1 amide bonds. The van der Waals surface area contributed by atoms with Gasteiger partial charge < -0.3 is 15.2 Å². The SMILES string of the molecule is COc1ccc([C@@H]2c3cnn(C(C)C)c3NC(=O)[C@@H]2[N+](=O)[O-])cc1O. The molecule has 1 aliphatic heterocycles. The maximum Gasteiger partial charge on any atom is 0.301 e. The fourth-order valence-electron chi connectivity index (χ4n) is 3.12. The fraction of sp³-hybridized carbons (Fsp3) is 0.375. The van der Waals surface area contributed by atoms with Gasteiger partial charge in [0, 0.05) is 16.5 Å². The third kappa shape index (κ3) is 2.67. The van der Waals surface area contributed by atoms with E-state index < -0.39 is 22.8 Å². The molecule has 0 fully saturated rings. The highest BCUT2D eigenvalue weighted by molar-refractivity contribution is 5.98. The average Bonchev–Trinajstić information content (AvgIpc) is 2.96. The summed E-state index contributed by atoms with van der Waals surface area (Å²) in [5, 5.41) is 28.4. The van der Waals surface area contributed by atoms with E-state index in [1.807, 2.05) is 13.8 Å². The Morgan fingerprint density at radius 1 is 1.44 bits per heavy atom. The van der Waals surface area contributed by atoms with E-state index in [1.54, 1.807) is 10.7 Å². The van der Waals surface area contributed by atoms with Crippen molar-refractivity contribution in [1.82, 2.24) is 9.78 Å². The number of rotatable bonds is 4. The molecule has 2 heterocycles. The number of hydrogen-bond acceptors (Lipinski definition) is 6. The standard InChI is InChI=1S/C16H18N4O5/c1-8(2)19-15-10(7-17-19)13(14(20(23)24)16(22)18-15)9-4-5-12(25-3)11(21)6-9/h4-8,13-14,21H,1-3H3,(H,18,22)/t13-,14-/m1/s1. The van der Waals surface area contributed by atoms with Gasteiger partial charge in [-0.2, -0.15) is 5.10 Å². The molecule has 0 saturated carbocycles. The first-order chi connectivity index (χ1) is 11.8. The van der Waals surface area contributed by atoms with Crippen molar-refractivity contribution in [3.05, 3.63) is 45.6 Å². The molecule has 2 aromatic rings.